The van der Waals surface area contributed by atoms with Gasteiger partial charge in [0, 0.05) is 22.7 Å². The van der Waals surface area contributed by atoms with Crippen molar-refractivity contribution in [2.45, 2.75) is 19.4 Å². The number of aliphatic hydroxyl groups excluding tert-OH is 1. The number of benzene rings is 3. The first-order valence-corrected chi connectivity index (χ1v) is 10.4. The predicted molar refractivity (Wildman–Crippen MR) is 123 cm³/mol. The number of nitrogens with one attached hydrogen (secondary N) is 2. The van der Waals surface area contributed by atoms with Crippen LogP contribution < -0.4 is 10.1 Å². The Morgan fingerprint density at radius 1 is 1.16 bits per heavy atom. The van der Waals surface area contributed by atoms with Crippen molar-refractivity contribution in [3.05, 3.63) is 89.4 Å². The lowest BCUT2D eigenvalue weighted by atomic mass is 9.97. The Hall–Kier alpha value is -3.64. The largest absolute Gasteiger partial charge is 0.494 e. The van der Waals surface area contributed by atoms with Crippen LogP contribution in [0.4, 0.5) is 4.39 Å². The van der Waals surface area contributed by atoms with E-state index in [1.54, 1.807) is 30.3 Å². The third kappa shape index (κ3) is 4.36. The molecule has 0 saturated heterocycles. The molecule has 1 aromatic heterocycles. The van der Waals surface area contributed by atoms with Gasteiger partial charge in [0.15, 0.2) is 11.6 Å². The molecule has 1 heterocycles. The number of ether oxygens (including phenoxy) is 1. The van der Waals surface area contributed by atoms with E-state index in [4.69, 9.17) is 4.74 Å². The van der Waals surface area contributed by atoms with Crippen LogP contribution in [0.1, 0.15) is 21.5 Å². The smallest absolute Gasteiger partial charge is 0.251 e. The lowest BCUT2D eigenvalue weighted by molar-refractivity contribution is 0.0916. The molecule has 6 heteroatoms. The molecule has 3 N–H and O–H groups in total. The van der Waals surface area contributed by atoms with Gasteiger partial charge < -0.3 is 20.1 Å². The second-order valence-electron chi connectivity index (χ2n) is 7.80. The number of H-pyrrole nitrogens is 1. The van der Waals surface area contributed by atoms with Gasteiger partial charge in [-0.05, 0) is 65.9 Å². The maximum absolute atomic E-state index is 14.1. The van der Waals surface area contributed by atoms with E-state index in [-0.39, 0.29) is 18.3 Å². The molecule has 0 bridgehead atoms. The summed E-state index contributed by atoms with van der Waals surface area (Å²) in [6.07, 6.45) is 2.42. The summed E-state index contributed by atoms with van der Waals surface area (Å²) in [6, 6.07) is 17.6. The molecule has 164 valence electrons. The molecule has 0 unspecified atom stereocenters. The van der Waals surface area contributed by atoms with E-state index in [0.717, 1.165) is 27.6 Å². The van der Waals surface area contributed by atoms with Crippen LogP contribution in [0.3, 0.4) is 0 Å². The molecule has 4 rings (SSSR count). The minimum absolute atomic E-state index is 0.173. The van der Waals surface area contributed by atoms with Crippen LogP contribution >= 0.6 is 0 Å². The molecule has 4 aromatic rings. The number of methoxy groups -OCH3 is 1. The predicted octanol–water partition coefficient (Wildman–Crippen LogP) is 4.62. The third-order valence-corrected chi connectivity index (χ3v) is 5.65. The molecule has 32 heavy (non-hydrogen) atoms. The molecule has 3 aromatic carbocycles. The first-order chi connectivity index (χ1) is 15.5. The van der Waals surface area contributed by atoms with Crippen LogP contribution in [0, 0.1) is 12.7 Å². The number of aliphatic hydroxyl groups is 1. The Morgan fingerprint density at radius 3 is 2.69 bits per heavy atom. The highest BCUT2D eigenvalue weighted by atomic mass is 19.1. The van der Waals surface area contributed by atoms with Crippen molar-refractivity contribution in [2.75, 3.05) is 13.7 Å². The molecule has 1 atom stereocenters. The number of fused-ring (bicyclic) bond motifs is 1. The number of halogens is 1. The monoisotopic (exact) mass is 432 g/mol. The van der Waals surface area contributed by atoms with Gasteiger partial charge in [-0.3, -0.25) is 4.79 Å². The van der Waals surface area contributed by atoms with Gasteiger partial charge in [0.1, 0.15) is 0 Å². The molecule has 5 nitrogen and oxygen atoms in total. The summed E-state index contributed by atoms with van der Waals surface area (Å²) in [4.78, 5) is 16.1. The fraction of sp³-hybridized carbons (Fsp3) is 0.192. The Labute approximate surface area is 185 Å². The summed E-state index contributed by atoms with van der Waals surface area (Å²) in [7, 11) is 1.43. The first kappa shape index (κ1) is 21.6. The van der Waals surface area contributed by atoms with Crippen LogP contribution in [-0.2, 0) is 6.42 Å². The number of rotatable bonds is 7. The number of carbonyl (C=O) groups is 1. The summed E-state index contributed by atoms with van der Waals surface area (Å²) in [5.74, 6) is -0.513. The second kappa shape index (κ2) is 9.24. The molecule has 0 aliphatic carbocycles. The van der Waals surface area contributed by atoms with Gasteiger partial charge in [0.25, 0.3) is 5.91 Å². The van der Waals surface area contributed by atoms with E-state index in [2.05, 4.69) is 10.3 Å². The summed E-state index contributed by atoms with van der Waals surface area (Å²) >= 11 is 0. The van der Waals surface area contributed by atoms with Crippen molar-refractivity contribution in [2.24, 2.45) is 0 Å². The zero-order chi connectivity index (χ0) is 22.7. The van der Waals surface area contributed by atoms with Gasteiger partial charge in [-0.25, -0.2) is 4.39 Å². The van der Waals surface area contributed by atoms with Crippen LogP contribution in [0.25, 0.3) is 22.0 Å². The molecule has 0 aliphatic rings. The number of aryl methyl sites for hydroxylation is 1. The fourth-order valence-corrected chi connectivity index (χ4v) is 3.96. The van der Waals surface area contributed by atoms with Gasteiger partial charge in [-0.2, -0.15) is 0 Å². The summed E-state index contributed by atoms with van der Waals surface area (Å²) in [6.45, 7) is 1.71. The van der Waals surface area contributed by atoms with Crippen LogP contribution in [0.2, 0.25) is 0 Å². The summed E-state index contributed by atoms with van der Waals surface area (Å²) < 4.78 is 19.1. The second-order valence-corrected chi connectivity index (χ2v) is 7.80. The maximum atomic E-state index is 14.1. The first-order valence-electron chi connectivity index (χ1n) is 10.4. The van der Waals surface area contributed by atoms with E-state index in [0.29, 0.717) is 17.5 Å². The fourth-order valence-electron chi connectivity index (χ4n) is 3.96. The minimum Gasteiger partial charge on any atom is -0.494 e. The Bertz CT molecular complexity index is 1270. The topological polar surface area (TPSA) is 74.3 Å². The average Bonchev–Trinajstić information content (AvgIpc) is 3.21. The van der Waals surface area contributed by atoms with Crippen LogP contribution in [0.15, 0.2) is 66.9 Å². The number of aromatic nitrogens is 1. The van der Waals surface area contributed by atoms with Gasteiger partial charge in [0.05, 0.1) is 19.8 Å². The molecule has 1 amide bonds. The maximum Gasteiger partial charge on any atom is 0.251 e. The van der Waals surface area contributed by atoms with E-state index < -0.39 is 11.9 Å². The summed E-state index contributed by atoms with van der Waals surface area (Å²) in [5.41, 5.74) is 4.93. The third-order valence-electron chi connectivity index (χ3n) is 5.65. The highest BCUT2D eigenvalue weighted by molar-refractivity contribution is 5.95. The Balaban J connectivity index is 1.50. The molecule has 0 saturated carbocycles. The normalized spacial score (nSPS) is 12.0. The Kier molecular flexibility index (Phi) is 6.23. The lowest BCUT2D eigenvalue weighted by Crippen LogP contribution is -2.39. The SMILES string of the molecule is COc1ccc(-c2ccc(C(=O)N[C@@H](CO)Cc3c[nH]c4ccccc34)cc2C)cc1F. The molecule has 0 fully saturated rings. The van der Waals surface area contributed by atoms with Crippen LogP contribution in [0.5, 0.6) is 5.75 Å². The zero-order valence-electron chi connectivity index (χ0n) is 18.0. The molecule has 0 radical (unpaired) electrons. The number of hydrogen-bond acceptors (Lipinski definition) is 3. The highest BCUT2D eigenvalue weighted by Crippen LogP contribution is 2.28. The van der Waals surface area contributed by atoms with E-state index in [1.807, 2.05) is 37.4 Å². The van der Waals surface area contributed by atoms with E-state index in [9.17, 15) is 14.3 Å². The lowest BCUT2D eigenvalue weighted by Gasteiger charge is -2.17. The van der Waals surface area contributed by atoms with E-state index >= 15 is 0 Å². The van der Waals surface area contributed by atoms with Crippen molar-refractivity contribution in [3.63, 3.8) is 0 Å². The number of carbonyl (C=O) groups excluding carboxylic acids is 1. The standard InChI is InChI=1S/C26H25FN2O3/c1-16-11-18(7-9-21(16)17-8-10-25(32-2)23(27)13-17)26(31)29-20(15-30)12-19-14-28-24-6-4-3-5-22(19)24/h3-11,13-14,20,28,30H,12,15H2,1-2H3,(H,29,31)/t20-/m1/s1. The van der Waals surface area contributed by atoms with E-state index in [1.165, 1.54) is 13.2 Å². The van der Waals surface area contributed by atoms with Crippen LogP contribution in [-0.4, -0.2) is 35.8 Å². The quantitative estimate of drug-likeness (QED) is 0.399. The molecule has 0 spiro atoms. The molecular formula is C26H25FN2O3. The van der Waals surface area contributed by atoms with Gasteiger partial charge >= 0.3 is 0 Å². The summed E-state index contributed by atoms with van der Waals surface area (Å²) in [5, 5.41) is 13.8. The molecular weight excluding hydrogens is 407 g/mol. The highest BCUT2D eigenvalue weighted by Gasteiger charge is 2.17. The van der Waals surface area contributed by atoms with Gasteiger partial charge in [-0.1, -0.05) is 30.3 Å². The van der Waals surface area contributed by atoms with Crippen molar-refractivity contribution < 1.29 is 19.0 Å². The zero-order valence-corrected chi connectivity index (χ0v) is 18.0. The average molecular weight is 432 g/mol. The number of aromatic amines is 1. The van der Waals surface area contributed by atoms with Gasteiger partial charge in [0.2, 0.25) is 0 Å². The van der Waals surface area contributed by atoms with Crippen molar-refractivity contribution in [1.82, 2.24) is 10.3 Å². The number of amides is 1. The van der Waals surface area contributed by atoms with Crippen molar-refractivity contribution in [3.8, 4) is 16.9 Å². The Morgan fingerprint density at radius 2 is 1.97 bits per heavy atom. The minimum atomic E-state index is -0.436. The number of hydrogen-bond donors (Lipinski definition) is 3. The van der Waals surface area contributed by atoms with Gasteiger partial charge in [-0.15, -0.1) is 0 Å². The number of para-hydroxylation sites is 1. The molecule has 0 aliphatic heterocycles. The van der Waals surface area contributed by atoms with Crippen molar-refractivity contribution >= 4 is 16.8 Å². The van der Waals surface area contributed by atoms with Crippen molar-refractivity contribution in [1.29, 1.82) is 0 Å².